The minimum absolute atomic E-state index is 0.102. The third-order valence-corrected chi connectivity index (χ3v) is 9.05. The average molecular weight is 567 g/mol. The number of benzene rings is 1. The van der Waals surface area contributed by atoms with E-state index in [9.17, 15) is 9.90 Å². The molecule has 2 fully saturated rings. The lowest BCUT2D eigenvalue weighted by molar-refractivity contribution is -0.102. The van der Waals surface area contributed by atoms with Gasteiger partial charge in [-0.1, -0.05) is 11.6 Å². The molecule has 2 saturated heterocycles. The normalized spacial score (nSPS) is 27.4. The number of anilines is 1. The Labute approximate surface area is 230 Å². The van der Waals surface area contributed by atoms with Crippen molar-refractivity contribution in [3.05, 3.63) is 44.8 Å². The van der Waals surface area contributed by atoms with Gasteiger partial charge in [-0.15, -0.1) is 0 Å². The van der Waals surface area contributed by atoms with E-state index in [4.69, 9.17) is 27.9 Å². The van der Waals surface area contributed by atoms with Crippen molar-refractivity contribution in [3.63, 3.8) is 0 Å². The number of hydrogen-bond acceptors (Lipinski definition) is 6. The van der Waals surface area contributed by atoms with Crippen LogP contribution in [0, 0.1) is 0 Å². The van der Waals surface area contributed by atoms with Crippen LogP contribution in [0.15, 0.2) is 12.1 Å². The number of phenols is 1. The summed E-state index contributed by atoms with van der Waals surface area (Å²) in [5.74, 6) is -3.06. The molecule has 1 aromatic carbocycles. The number of carbonyl (C=O) groups is 1. The van der Waals surface area contributed by atoms with Crippen molar-refractivity contribution < 1.29 is 23.4 Å². The summed E-state index contributed by atoms with van der Waals surface area (Å²) in [6.07, 6.45) is 2.38. The van der Waals surface area contributed by atoms with E-state index in [0.717, 1.165) is 12.8 Å². The second-order valence-corrected chi connectivity index (χ2v) is 12.7. The predicted molar refractivity (Wildman–Crippen MR) is 139 cm³/mol. The SMILES string of the molecule is CC(C)(C)OC(=O)N1C2CCC1CN(c1nc(Cl)nc3c1CCC1(CCc4c(Cl)cc(O)cc41)C3(F)F)C2. The Morgan fingerprint density at radius 3 is 2.34 bits per heavy atom. The number of hydrogen-bond donors (Lipinski definition) is 1. The third-order valence-electron chi connectivity index (χ3n) is 8.54. The Balaban J connectivity index is 1.35. The van der Waals surface area contributed by atoms with Crippen LogP contribution in [0.1, 0.15) is 68.8 Å². The molecule has 3 heterocycles. The van der Waals surface area contributed by atoms with Gasteiger partial charge in [-0.3, -0.25) is 4.90 Å². The van der Waals surface area contributed by atoms with Crippen molar-refractivity contribution in [2.45, 2.75) is 88.3 Å². The van der Waals surface area contributed by atoms with Crippen molar-refractivity contribution in [2.75, 3.05) is 18.0 Å². The smallest absolute Gasteiger partial charge is 0.410 e. The monoisotopic (exact) mass is 566 g/mol. The molecule has 2 aliphatic heterocycles. The summed E-state index contributed by atoms with van der Waals surface area (Å²) in [5.41, 5.74) is -1.04. The van der Waals surface area contributed by atoms with Crippen molar-refractivity contribution in [3.8, 4) is 5.75 Å². The molecule has 2 aliphatic carbocycles. The fourth-order valence-corrected chi connectivity index (χ4v) is 7.44. The Kier molecular flexibility index (Phi) is 5.82. The van der Waals surface area contributed by atoms with Crippen LogP contribution in [0.4, 0.5) is 19.4 Å². The first-order valence-electron chi connectivity index (χ1n) is 13.0. The summed E-state index contributed by atoms with van der Waals surface area (Å²) in [7, 11) is 0. The van der Waals surface area contributed by atoms with E-state index in [-0.39, 0.29) is 47.7 Å². The van der Waals surface area contributed by atoms with Gasteiger partial charge in [0, 0.05) is 23.7 Å². The van der Waals surface area contributed by atoms with E-state index < -0.39 is 16.9 Å². The molecule has 11 heteroatoms. The minimum Gasteiger partial charge on any atom is -0.508 e. The number of piperazine rings is 1. The van der Waals surface area contributed by atoms with Crippen LogP contribution < -0.4 is 4.90 Å². The molecule has 3 unspecified atom stereocenters. The molecular formula is C27H30Cl2F2N4O3. The fraction of sp³-hybridized carbons (Fsp3) is 0.593. The van der Waals surface area contributed by atoms with E-state index in [2.05, 4.69) is 9.97 Å². The number of carbonyl (C=O) groups excluding carboxylic acids is 1. The number of fused-ring (bicyclic) bond motifs is 5. The van der Waals surface area contributed by atoms with Gasteiger partial charge in [-0.05, 0) is 94.2 Å². The van der Waals surface area contributed by atoms with Gasteiger partial charge in [0.15, 0.2) is 0 Å². The third kappa shape index (κ3) is 3.83. The molecule has 1 N–H and O–H groups in total. The molecule has 2 bridgehead atoms. The predicted octanol–water partition coefficient (Wildman–Crippen LogP) is 6.00. The Morgan fingerprint density at radius 1 is 1.08 bits per heavy atom. The van der Waals surface area contributed by atoms with Gasteiger partial charge in [-0.25, -0.2) is 14.8 Å². The van der Waals surface area contributed by atoms with E-state index in [1.807, 2.05) is 25.7 Å². The highest BCUT2D eigenvalue weighted by atomic mass is 35.5. The van der Waals surface area contributed by atoms with Crippen LogP contribution in [-0.2, 0) is 28.9 Å². The second kappa shape index (κ2) is 8.55. The highest BCUT2D eigenvalue weighted by Gasteiger charge is 2.62. The number of amides is 1. The van der Waals surface area contributed by atoms with Crippen molar-refractivity contribution in [2.24, 2.45) is 0 Å². The molecular weight excluding hydrogens is 537 g/mol. The molecule has 3 atom stereocenters. The number of phenolic OH excluding ortho intramolecular Hbond substituents is 1. The number of alkyl halides is 2. The van der Waals surface area contributed by atoms with Crippen LogP contribution in [0.3, 0.4) is 0 Å². The Hall–Kier alpha value is -2.39. The molecule has 0 radical (unpaired) electrons. The van der Waals surface area contributed by atoms with Crippen LogP contribution in [-0.4, -0.2) is 56.8 Å². The Morgan fingerprint density at radius 2 is 1.71 bits per heavy atom. The lowest BCUT2D eigenvalue weighted by Crippen LogP contribution is -2.57. The highest BCUT2D eigenvalue weighted by molar-refractivity contribution is 6.31. The van der Waals surface area contributed by atoms with E-state index in [0.29, 0.717) is 53.5 Å². The van der Waals surface area contributed by atoms with Gasteiger partial charge in [-0.2, -0.15) is 8.78 Å². The van der Waals surface area contributed by atoms with Gasteiger partial charge in [0.2, 0.25) is 5.28 Å². The lowest BCUT2D eigenvalue weighted by Gasteiger charge is -2.45. The summed E-state index contributed by atoms with van der Waals surface area (Å²) >= 11 is 12.6. The number of ether oxygens (including phenoxy) is 1. The minimum atomic E-state index is -3.35. The largest absolute Gasteiger partial charge is 0.508 e. The zero-order chi connectivity index (χ0) is 27.2. The second-order valence-electron chi connectivity index (χ2n) is 11.9. The van der Waals surface area contributed by atoms with Crippen molar-refractivity contribution in [1.29, 1.82) is 0 Å². The standard InChI is InChI=1S/C27H30Cl2F2N4O3/c1-25(2,3)38-24(37)35-14-4-5-15(35)13-34(12-14)22-18-7-9-26(27(30,31)21(18)32-23(29)33-22)8-6-17-19(26)10-16(36)11-20(17)28/h10-11,14-15,36H,4-9,12-13H2,1-3H3. The molecule has 1 aromatic heterocycles. The first-order valence-corrected chi connectivity index (χ1v) is 13.8. The molecule has 4 aliphatic rings. The van der Waals surface area contributed by atoms with E-state index in [1.165, 1.54) is 12.1 Å². The topological polar surface area (TPSA) is 78.8 Å². The molecule has 1 amide bonds. The lowest BCUT2D eigenvalue weighted by atomic mass is 9.66. The van der Waals surface area contributed by atoms with Gasteiger partial charge in [0.25, 0.3) is 5.92 Å². The summed E-state index contributed by atoms with van der Waals surface area (Å²) in [4.78, 5) is 25.2. The quantitative estimate of drug-likeness (QED) is 0.426. The molecule has 2 aromatic rings. The number of aromatic nitrogens is 2. The molecule has 7 nitrogen and oxygen atoms in total. The maximum Gasteiger partial charge on any atom is 0.410 e. The van der Waals surface area contributed by atoms with Gasteiger partial charge in [0.05, 0.1) is 17.5 Å². The molecule has 204 valence electrons. The van der Waals surface area contributed by atoms with Crippen LogP contribution in [0.2, 0.25) is 10.3 Å². The zero-order valence-electron chi connectivity index (χ0n) is 21.5. The maximum atomic E-state index is 16.6. The molecule has 1 spiro atoms. The summed E-state index contributed by atoms with van der Waals surface area (Å²) < 4.78 is 38.7. The zero-order valence-corrected chi connectivity index (χ0v) is 23.0. The summed E-state index contributed by atoms with van der Waals surface area (Å²) in [6, 6.07) is 2.62. The van der Waals surface area contributed by atoms with Gasteiger partial charge in [0.1, 0.15) is 22.9 Å². The number of halogens is 4. The molecule has 6 rings (SSSR count). The molecule has 0 saturated carbocycles. The fourth-order valence-electron chi connectivity index (χ4n) is 6.97. The average Bonchev–Trinajstić information content (AvgIpc) is 3.31. The van der Waals surface area contributed by atoms with Crippen LogP contribution in [0.5, 0.6) is 5.75 Å². The van der Waals surface area contributed by atoms with Gasteiger partial charge < -0.3 is 14.7 Å². The summed E-state index contributed by atoms with van der Waals surface area (Å²) in [6.45, 7) is 6.42. The van der Waals surface area contributed by atoms with Crippen molar-refractivity contribution in [1.82, 2.24) is 14.9 Å². The van der Waals surface area contributed by atoms with Gasteiger partial charge >= 0.3 is 6.09 Å². The van der Waals surface area contributed by atoms with E-state index in [1.54, 1.807) is 4.90 Å². The van der Waals surface area contributed by atoms with E-state index >= 15 is 8.78 Å². The number of nitrogens with zero attached hydrogens (tertiary/aromatic N) is 4. The first-order chi connectivity index (χ1) is 17.8. The van der Waals surface area contributed by atoms with Crippen LogP contribution in [0.25, 0.3) is 0 Å². The van der Waals surface area contributed by atoms with Crippen molar-refractivity contribution >= 4 is 35.1 Å². The number of aromatic hydroxyl groups is 1. The molecule has 38 heavy (non-hydrogen) atoms. The Bertz CT molecular complexity index is 1320. The number of rotatable bonds is 1. The summed E-state index contributed by atoms with van der Waals surface area (Å²) in [5, 5.41) is 10.2. The first kappa shape index (κ1) is 25.9. The highest BCUT2D eigenvalue weighted by Crippen LogP contribution is 2.61. The maximum absolute atomic E-state index is 16.6. The van der Waals surface area contributed by atoms with Crippen LogP contribution >= 0.6 is 23.2 Å².